The summed E-state index contributed by atoms with van der Waals surface area (Å²) in [6.07, 6.45) is 1.50. The van der Waals surface area contributed by atoms with Gasteiger partial charge < -0.3 is 19.5 Å². The first kappa shape index (κ1) is 28.1. The third kappa shape index (κ3) is 8.30. The van der Waals surface area contributed by atoms with Gasteiger partial charge in [0.15, 0.2) is 24.7 Å². The van der Waals surface area contributed by atoms with E-state index in [4.69, 9.17) is 14.2 Å². The SMILES string of the molecule is COc1cc(/C=N\NC(=O)COc2ccc(C3SCCS3)cc2)cc(I)c1OCC(=O)Nc1ccccc1. The van der Waals surface area contributed by atoms with E-state index in [-0.39, 0.29) is 25.0 Å². The van der Waals surface area contributed by atoms with Crippen LogP contribution in [-0.2, 0) is 9.59 Å². The minimum atomic E-state index is -0.377. The predicted octanol–water partition coefficient (Wildman–Crippen LogP) is 5.33. The van der Waals surface area contributed by atoms with E-state index in [0.717, 1.165) is 3.57 Å². The molecule has 0 spiro atoms. The lowest BCUT2D eigenvalue weighted by Gasteiger charge is -2.13. The van der Waals surface area contributed by atoms with Crippen LogP contribution in [0.1, 0.15) is 15.7 Å². The lowest BCUT2D eigenvalue weighted by Crippen LogP contribution is -2.24. The van der Waals surface area contributed by atoms with Gasteiger partial charge in [0.2, 0.25) is 0 Å². The van der Waals surface area contributed by atoms with E-state index >= 15 is 0 Å². The average Bonchev–Trinajstić information content (AvgIpc) is 3.47. The molecule has 1 aliphatic rings. The molecule has 3 aromatic rings. The van der Waals surface area contributed by atoms with Crippen LogP contribution >= 0.6 is 46.1 Å². The van der Waals surface area contributed by atoms with Crippen LogP contribution in [0.2, 0.25) is 0 Å². The molecule has 0 aliphatic carbocycles. The molecule has 1 heterocycles. The summed E-state index contributed by atoms with van der Waals surface area (Å²) in [5.41, 5.74) is 5.10. The maximum Gasteiger partial charge on any atom is 0.277 e. The van der Waals surface area contributed by atoms with Gasteiger partial charge in [0, 0.05) is 17.2 Å². The van der Waals surface area contributed by atoms with Crippen LogP contribution in [-0.4, -0.2) is 49.9 Å². The van der Waals surface area contributed by atoms with Crippen molar-refractivity contribution in [1.82, 2.24) is 5.43 Å². The number of hydrogen-bond donors (Lipinski definition) is 2. The number of carbonyl (C=O) groups is 2. The quantitative estimate of drug-likeness (QED) is 0.163. The van der Waals surface area contributed by atoms with E-state index in [1.807, 2.05) is 72.1 Å². The lowest BCUT2D eigenvalue weighted by molar-refractivity contribution is -0.123. The normalized spacial score (nSPS) is 13.3. The van der Waals surface area contributed by atoms with Crippen LogP contribution in [0.4, 0.5) is 5.69 Å². The summed E-state index contributed by atoms with van der Waals surface area (Å²) in [4.78, 5) is 24.4. The summed E-state index contributed by atoms with van der Waals surface area (Å²) in [7, 11) is 1.51. The molecule has 11 heteroatoms. The third-order valence-corrected chi connectivity index (χ3v) is 9.11. The monoisotopic (exact) mass is 663 g/mol. The third-order valence-electron chi connectivity index (χ3n) is 5.20. The summed E-state index contributed by atoms with van der Waals surface area (Å²) in [6.45, 7) is -0.325. The Balaban J connectivity index is 1.25. The molecule has 38 heavy (non-hydrogen) atoms. The van der Waals surface area contributed by atoms with Gasteiger partial charge in [-0.05, 0) is 70.1 Å². The fourth-order valence-electron chi connectivity index (χ4n) is 3.44. The number of para-hydroxylation sites is 1. The molecule has 2 amide bonds. The Labute approximate surface area is 243 Å². The second-order valence-corrected chi connectivity index (χ2v) is 11.8. The van der Waals surface area contributed by atoms with Crippen molar-refractivity contribution in [3.63, 3.8) is 0 Å². The molecule has 0 aromatic heterocycles. The predicted molar refractivity (Wildman–Crippen MR) is 162 cm³/mol. The zero-order valence-corrected chi connectivity index (χ0v) is 24.3. The smallest absolute Gasteiger partial charge is 0.277 e. The maximum absolute atomic E-state index is 12.2. The van der Waals surface area contributed by atoms with Gasteiger partial charge >= 0.3 is 0 Å². The molecule has 0 atom stereocenters. The summed E-state index contributed by atoms with van der Waals surface area (Å²) < 4.78 is 17.9. The molecule has 1 saturated heterocycles. The first-order valence-corrected chi connectivity index (χ1v) is 14.8. The van der Waals surface area contributed by atoms with Gasteiger partial charge in [-0.1, -0.05) is 30.3 Å². The van der Waals surface area contributed by atoms with E-state index in [1.54, 1.807) is 18.2 Å². The number of hydrazone groups is 1. The van der Waals surface area contributed by atoms with E-state index in [9.17, 15) is 9.59 Å². The minimum Gasteiger partial charge on any atom is -0.493 e. The number of ether oxygens (including phenoxy) is 3. The molecule has 198 valence electrons. The van der Waals surface area contributed by atoms with E-state index in [0.29, 0.717) is 33.1 Å². The van der Waals surface area contributed by atoms with Gasteiger partial charge in [0.25, 0.3) is 11.8 Å². The van der Waals surface area contributed by atoms with Gasteiger partial charge in [-0.3, -0.25) is 9.59 Å². The van der Waals surface area contributed by atoms with Crippen molar-refractivity contribution < 1.29 is 23.8 Å². The number of rotatable bonds is 11. The lowest BCUT2D eigenvalue weighted by atomic mass is 10.2. The number of methoxy groups -OCH3 is 1. The molecule has 4 rings (SSSR count). The number of carbonyl (C=O) groups excluding carboxylic acids is 2. The van der Waals surface area contributed by atoms with Crippen molar-refractivity contribution in [2.24, 2.45) is 5.10 Å². The number of anilines is 1. The van der Waals surface area contributed by atoms with Gasteiger partial charge in [-0.25, -0.2) is 5.43 Å². The van der Waals surface area contributed by atoms with Crippen molar-refractivity contribution in [2.45, 2.75) is 4.58 Å². The largest absolute Gasteiger partial charge is 0.493 e. The molecular formula is C27H26IN3O5S2. The van der Waals surface area contributed by atoms with Crippen molar-refractivity contribution in [3.8, 4) is 17.2 Å². The number of benzene rings is 3. The Hall–Kier alpha value is -2.90. The number of halogens is 1. The van der Waals surface area contributed by atoms with Crippen LogP contribution in [0.5, 0.6) is 17.2 Å². The molecule has 3 aromatic carbocycles. The van der Waals surface area contributed by atoms with Gasteiger partial charge in [0.1, 0.15) is 5.75 Å². The Morgan fingerprint density at radius 2 is 1.71 bits per heavy atom. The highest BCUT2D eigenvalue weighted by Crippen LogP contribution is 2.45. The highest BCUT2D eigenvalue weighted by atomic mass is 127. The van der Waals surface area contributed by atoms with Crippen molar-refractivity contribution in [1.29, 1.82) is 0 Å². The first-order valence-electron chi connectivity index (χ1n) is 11.6. The van der Waals surface area contributed by atoms with Crippen molar-refractivity contribution in [3.05, 3.63) is 81.4 Å². The first-order chi connectivity index (χ1) is 18.5. The summed E-state index contributed by atoms with van der Waals surface area (Å²) in [5, 5.41) is 6.79. The fourth-order valence-corrected chi connectivity index (χ4v) is 7.08. The number of hydrogen-bond acceptors (Lipinski definition) is 8. The molecule has 8 nitrogen and oxygen atoms in total. The Morgan fingerprint density at radius 3 is 2.42 bits per heavy atom. The Morgan fingerprint density at radius 1 is 1.00 bits per heavy atom. The molecule has 0 saturated carbocycles. The van der Waals surface area contributed by atoms with Crippen LogP contribution in [0, 0.1) is 3.57 Å². The molecule has 0 radical (unpaired) electrons. The number of nitrogens with zero attached hydrogens (tertiary/aromatic N) is 1. The summed E-state index contributed by atoms with van der Waals surface area (Å²) in [6, 6.07) is 20.5. The number of amides is 2. The standard InChI is InChI=1S/C27H26IN3O5S2/c1-34-23-14-18(13-22(28)26(23)36-16-24(32)30-20-5-3-2-4-6-20)15-29-31-25(33)17-35-21-9-7-19(8-10-21)27-37-11-12-38-27/h2-10,13-15,27H,11-12,16-17H2,1H3,(H,30,32)(H,31,33)/b29-15-. The summed E-state index contributed by atoms with van der Waals surface area (Å²) >= 11 is 5.99. The van der Waals surface area contributed by atoms with Crippen LogP contribution < -0.4 is 25.0 Å². The van der Waals surface area contributed by atoms with Crippen LogP contribution in [0.15, 0.2) is 71.8 Å². The molecular weight excluding hydrogens is 637 g/mol. The van der Waals surface area contributed by atoms with Gasteiger partial charge in [0.05, 0.1) is 21.5 Å². The van der Waals surface area contributed by atoms with Gasteiger partial charge in [-0.15, -0.1) is 23.5 Å². The zero-order valence-electron chi connectivity index (χ0n) is 20.5. The van der Waals surface area contributed by atoms with Crippen LogP contribution in [0.3, 0.4) is 0 Å². The molecule has 1 aliphatic heterocycles. The number of thioether (sulfide) groups is 2. The number of nitrogens with one attached hydrogen (secondary N) is 2. The average molecular weight is 664 g/mol. The van der Waals surface area contributed by atoms with Crippen molar-refractivity contribution in [2.75, 3.05) is 37.1 Å². The molecule has 1 fully saturated rings. The Bertz CT molecular complexity index is 1270. The minimum absolute atomic E-state index is 0.151. The Kier molecular flexibility index (Phi) is 10.6. The fraction of sp³-hybridized carbons (Fsp3) is 0.222. The second kappa shape index (κ2) is 14.3. The summed E-state index contributed by atoms with van der Waals surface area (Å²) in [5.74, 6) is 3.21. The molecule has 0 bridgehead atoms. The zero-order chi connectivity index (χ0) is 26.7. The van der Waals surface area contributed by atoms with E-state index < -0.39 is 0 Å². The molecule has 2 N–H and O–H groups in total. The maximum atomic E-state index is 12.2. The van der Waals surface area contributed by atoms with E-state index in [2.05, 4.69) is 38.4 Å². The highest BCUT2D eigenvalue weighted by Gasteiger charge is 2.18. The van der Waals surface area contributed by atoms with Gasteiger partial charge in [-0.2, -0.15) is 5.10 Å². The van der Waals surface area contributed by atoms with Crippen molar-refractivity contribution >= 4 is 69.8 Å². The van der Waals surface area contributed by atoms with E-state index in [1.165, 1.54) is 30.4 Å². The highest BCUT2D eigenvalue weighted by molar-refractivity contribution is 14.1. The topological polar surface area (TPSA) is 98.2 Å². The second-order valence-electron chi connectivity index (χ2n) is 7.96. The molecule has 0 unspecified atom stereocenters. The van der Waals surface area contributed by atoms with Crippen LogP contribution in [0.25, 0.3) is 0 Å².